The number of halogens is 3. The highest BCUT2D eigenvalue weighted by atomic mass is 35.5. The summed E-state index contributed by atoms with van der Waals surface area (Å²) in [5.41, 5.74) is 5.17. The summed E-state index contributed by atoms with van der Waals surface area (Å²) in [5, 5.41) is -0.688. The molecule has 0 aliphatic rings. The maximum atomic E-state index is 13.3. The lowest BCUT2D eigenvalue weighted by Crippen LogP contribution is -2.23. The molecule has 0 spiro atoms. The Morgan fingerprint density at radius 3 is 2.67 bits per heavy atom. The zero-order chi connectivity index (χ0) is 11.6. The van der Waals surface area contributed by atoms with Crippen molar-refractivity contribution in [3.05, 3.63) is 34.4 Å². The minimum atomic E-state index is -1.31. The summed E-state index contributed by atoms with van der Waals surface area (Å²) in [6.45, 7) is 0. The Hall–Kier alpha value is -1.20. The van der Waals surface area contributed by atoms with Gasteiger partial charge in [0.25, 0.3) is 0 Å². The largest absolute Gasteiger partial charge is 0.468 e. The molecule has 1 rings (SSSR count). The molecule has 6 heteroatoms. The summed E-state index contributed by atoms with van der Waals surface area (Å²) in [6.07, 6.45) is 0. The van der Waals surface area contributed by atoms with Crippen LogP contribution < -0.4 is 5.73 Å². The van der Waals surface area contributed by atoms with Gasteiger partial charge in [-0.25, -0.2) is 8.78 Å². The van der Waals surface area contributed by atoms with E-state index in [1.807, 2.05) is 0 Å². The van der Waals surface area contributed by atoms with Crippen molar-refractivity contribution >= 4 is 17.6 Å². The third-order valence-corrected chi connectivity index (χ3v) is 2.20. The van der Waals surface area contributed by atoms with E-state index in [4.69, 9.17) is 17.3 Å². The van der Waals surface area contributed by atoms with Gasteiger partial charge in [-0.05, 0) is 6.07 Å². The van der Waals surface area contributed by atoms with Crippen LogP contribution in [0.25, 0.3) is 0 Å². The van der Waals surface area contributed by atoms with Gasteiger partial charge in [0.1, 0.15) is 22.7 Å². The summed E-state index contributed by atoms with van der Waals surface area (Å²) < 4.78 is 30.5. The molecule has 0 fully saturated rings. The molecular weight excluding hydrogens is 228 g/mol. The van der Waals surface area contributed by atoms with Crippen LogP contribution >= 0.6 is 11.6 Å². The van der Waals surface area contributed by atoms with Crippen molar-refractivity contribution in [2.24, 2.45) is 5.73 Å². The number of carbonyl (C=O) groups is 1. The van der Waals surface area contributed by atoms with Crippen molar-refractivity contribution in [1.82, 2.24) is 0 Å². The second kappa shape index (κ2) is 4.55. The highest BCUT2D eigenvalue weighted by Crippen LogP contribution is 2.25. The Balaban J connectivity index is 3.16. The first-order valence-corrected chi connectivity index (χ1v) is 4.33. The first kappa shape index (κ1) is 11.9. The molecule has 2 N–H and O–H groups in total. The first-order chi connectivity index (χ1) is 6.99. The van der Waals surface area contributed by atoms with Crippen LogP contribution in [0.1, 0.15) is 11.6 Å². The van der Waals surface area contributed by atoms with Gasteiger partial charge in [0.2, 0.25) is 0 Å². The van der Waals surface area contributed by atoms with Crippen molar-refractivity contribution in [2.45, 2.75) is 6.04 Å². The Kier molecular flexibility index (Phi) is 3.60. The third kappa shape index (κ3) is 2.24. The van der Waals surface area contributed by atoms with Crippen LogP contribution in [0.5, 0.6) is 0 Å². The van der Waals surface area contributed by atoms with Gasteiger partial charge in [-0.15, -0.1) is 0 Å². The van der Waals surface area contributed by atoms with Crippen LogP contribution in [0.4, 0.5) is 8.78 Å². The average Bonchev–Trinajstić information content (AvgIpc) is 2.24. The summed E-state index contributed by atoms with van der Waals surface area (Å²) in [6, 6.07) is 0.676. The lowest BCUT2D eigenvalue weighted by Gasteiger charge is -2.11. The van der Waals surface area contributed by atoms with Crippen LogP contribution in [0.2, 0.25) is 5.02 Å². The van der Waals surface area contributed by atoms with E-state index < -0.39 is 28.7 Å². The molecular formula is C9H8ClF2NO2. The number of nitrogens with two attached hydrogens (primary N) is 1. The van der Waals surface area contributed by atoms with Crippen molar-refractivity contribution in [2.75, 3.05) is 7.11 Å². The van der Waals surface area contributed by atoms with Crippen LogP contribution in [0.15, 0.2) is 12.1 Å². The van der Waals surface area contributed by atoms with E-state index in [1.165, 1.54) is 0 Å². The monoisotopic (exact) mass is 235 g/mol. The van der Waals surface area contributed by atoms with Crippen molar-refractivity contribution in [3.63, 3.8) is 0 Å². The van der Waals surface area contributed by atoms with Crippen LogP contribution in [0, 0.1) is 11.6 Å². The van der Waals surface area contributed by atoms with Gasteiger partial charge in [0.05, 0.1) is 7.11 Å². The van der Waals surface area contributed by atoms with E-state index in [9.17, 15) is 13.6 Å². The standard InChI is InChI=1S/C9H8ClF2NO2/c1-15-9(14)8(13)4-2-3-5(11)6(10)7(4)12/h2-3,8H,13H2,1H3. The molecule has 15 heavy (non-hydrogen) atoms. The van der Waals surface area contributed by atoms with E-state index in [1.54, 1.807) is 0 Å². The Morgan fingerprint density at radius 2 is 2.13 bits per heavy atom. The topological polar surface area (TPSA) is 52.3 Å². The minimum absolute atomic E-state index is 0.201. The predicted molar refractivity (Wildman–Crippen MR) is 50.3 cm³/mol. The number of rotatable bonds is 2. The van der Waals surface area contributed by atoms with E-state index in [0.717, 1.165) is 19.2 Å². The Bertz CT molecular complexity index is 398. The minimum Gasteiger partial charge on any atom is -0.468 e. The molecule has 0 radical (unpaired) electrons. The molecule has 0 heterocycles. The van der Waals surface area contributed by atoms with Gasteiger partial charge in [0, 0.05) is 5.56 Å². The fourth-order valence-electron chi connectivity index (χ4n) is 1.03. The van der Waals surface area contributed by atoms with Gasteiger partial charge in [0.15, 0.2) is 0 Å². The molecule has 1 unspecified atom stereocenters. The molecule has 0 aromatic heterocycles. The van der Waals surface area contributed by atoms with E-state index >= 15 is 0 Å². The number of ether oxygens (including phenoxy) is 1. The zero-order valence-electron chi connectivity index (χ0n) is 7.76. The van der Waals surface area contributed by atoms with Gasteiger partial charge < -0.3 is 10.5 Å². The Labute approximate surface area is 89.8 Å². The number of hydrogen-bond acceptors (Lipinski definition) is 3. The first-order valence-electron chi connectivity index (χ1n) is 3.95. The molecule has 0 aliphatic heterocycles. The van der Waals surface area contributed by atoms with Crippen LogP contribution in [-0.4, -0.2) is 13.1 Å². The maximum absolute atomic E-state index is 13.3. The number of methoxy groups -OCH3 is 1. The predicted octanol–water partition coefficient (Wildman–Crippen LogP) is 1.79. The summed E-state index contributed by atoms with van der Waals surface area (Å²) >= 11 is 5.32. The fourth-order valence-corrected chi connectivity index (χ4v) is 1.21. The molecule has 3 nitrogen and oxygen atoms in total. The number of carbonyl (C=O) groups excluding carboxylic acids is 1. The van der Waals surface area contributed by atoms with E-state index in [0.29, 0.717) is 0 Å². The molecule has 0 amide bonds. The van der Waals surface area contributed by atoms with Crippen molar-refractivity contribution in [3.8, 4) is 0 Å². The SMILES string of the molecule is COC(=O)C(N)c1ccc(F)c(Cl)c1F. The normalized spacial score (nSPS) is 12.3. The van der Waals surface area contributed by atoms with E-state index in [2.05, 4.69) is 4.74 Å². The molecule has 0 saturated heterocycles. The van der Waals surface area contributed by atoms with Gasteiger partial charge >= 0.3 is 5.97 Å². The molecule has 1 aromatic carbocycles. The molecule has 0 saturated carbocycles. The third-order valence-electron chi connectivity index (χ3n) is 1.86. The van der Waals surface area contributed by atoms with Gasteiger partial charge in [-0.1, -0.05) is 17.7 Å². The number of esters is 1. The highest BCUT2D eigenvalue weighted by molar-refractivity contribution is 6.31. The van der Waals surface area contributed by atoms with Crippen LogP contribution in [-0.2, 0) is 9.53 Å². The average molecular weight is 236 g/mol. The summed E-state index contributed by atoms with van der Waals surface area (Å²) in [7, 11) is 1.12. The number of hydrogen-bond donors (Lipinski definition) is 1. The zero-order valence-corrected chi connectivity index (χ0v) is 8.52. The molecule has 0 aliphatic carbocycles. The summed E-state index contributed by atoms with van der Waals surface area (Å²) in [5.74, 6) is -2.78. The van der Waals surface area contributed by atoms with Crippen LogP contribution in [0.3, 0.4) is 0 Å². The van der Waals surface area contributed by atoms with E-state index in [-0.39, 0.29) is 5.56 Å². The second-order valence-corrected chi connectivity index (χ2v) is 3.14. The quantitative estimate of drug-likeness (QED) is 0.628. The van der Waals surface area contributed by atoms with Gasteiger partial charge in [-0.2, -0.15) is 0 Å². The molecule has 1 aromatic rings. The summed E-state index contributed by atoms with van der Waals surface area (Å²) in [4.78, 5) is 11.0. The molecule has 82 valence electrons. The lowest BCUT2D eigenvalue weighted by molar-refractivity contribution is -0.142. The smallest absolute Gasteiger partial charge is 0.327 e. The molecule has 0 bridgehead atoms. The fraction of sp³-hybridized carbons (Fsp3) is 0.222. The highest BCUT2D eigenvalue weighted by Gasteiger charge is 2.22. The lowest BCUT2D eigenvalue weighted by atomic mass is 10.1. The van der Waals surface area contributed by atoms with Crippen molar-refractivity contribution in [1.29, 1.82) is 0 Å². The Morgan fingerprint density at radius 1 is 1.53 bits per heavy atom. The second-order valence-electron chi connectivity index (χ2n) is 2.77. The maximum Gasteiger partial charge on any atom is 0.327 e. The van der Waals surface area contributed by atoms with Gasteiger partial charge in [-0.3, -0.25) is 4.79 Å². The number of benzene rings is 1. The molecule has 1 atom stereocenters. The van der Waals surface area contributed by atoms with Crippen molar-refractivity contribution < 1.29 is 18.3 Å².